The summed E-state index contributed by atoms with van der Waals surface area (Å²) >= 11 is 3.92. The summed E-state index contributed by atoms with van der Waals surface area (Å²) in [6.45, 7) is 0. The molecule has 54 heavy (non-hydrogen) atoms. The van der Waals surface area contributed by atoms with Crippen LogP contribution in [0.4, 0.5) is 0 Å². The summed E-state index contributed by atoms with van der Waals surface area (Å²) in [7, 11) is 0. The van der Waals surface area contributed by atoms with Crippen LogP contribution in [0.5, 0.6) is 0 Å². The van der Waals surface area contributed by atoms with Crippen LogP contribution in [0.15, 0.2) is 82.0 Å². The van der Waals surface area contributed by atoms with Crippen LogP contribution >= 0.6 is 22.7 Å². The van der Waals surface area contributed by atoms with E-state index in [1.54, 1.807) is 11.1 Å². The third-order valence-electron chi connectivity index (χ3n) is 14.1. The molecule has 2 saturated carbocycles. The highest BCUT2D eigenvalue weighted by Crippen LogP contribution is 2.65. The molecule has 2 spiro atoms. The van der Waals surface area contributed by atoms with E-state index < -0.39 is 0 Å². The van der Waals surface area contributed by atoms with Gasteiger partial charge in [-0.1, -0.05) is 75.0 Å². The van der Waals surface area contributed by atoms with Crippen molar-refractivity contribution in [3.05, 3.63) is 113 Å². The van der Waals surface area contributed by atoms with Crippen LogP contribution < -0.4 is 0 Å². The number of nitriles is 4. The molecule has 2 aromatic heterocycles. The van der Waals surface area contributed by atoms with E-state index in [1.807, 2.05) is 22.7 Å². The highest BCUT2D eigenvalue weighted by molar-refractivity contribution is 7.15. The molecule has 2 heterocycles. The summed E-state index contributed by atoms with van der Waals surface area (Å²) in [5, 5.41) is 38.4. The van der Waals surface area contributed by atoms with Gasteiger partial charge in [0.1, 0.15) is 35.4 Å². The van der Waals surface area contributed by atoms with Crippen LogP contribution in [-0.4, -0.2) is 0 Å². The Morgan fingerprint density at radius 2 is 0.926 bits per heavy atom. The average Bonchev–Trinajstić information content (AvgIpc) is 3.97. The average molecular weight is 739 g/mol. The van der Waals surface area contributed by atoms with Crippen LogP contribution in [0.25, 0.3) is 22.3 Å². The van der Waals surface area contributed by atoms with E-state index in [4.69, 9.17) is 0 Å². The van der Waals surface area contributed by atoms with Gasteiger partial charge in [0.25, 0.3) is 0 Å². The van der Waals surface area contributed by atoms with Gasteiger partial charge in [-0.25, -0.2) is 0 Å². The zero-order valence-electron chi connectivity index (χ0n) is 30.7. The zero-order chi connectivity index (χ0) is 36.6. The number of allylic oxidation sites excluding steroid dienone is 16. The Morgan fingerprint density at radius 3 is 1.31 bits per heavy atom. The first-order chi connectivity index (χ1) is 26.5. The molecule has 8 aliphatic carbocycles. The molecule has 0 amide bonds. The standard InChI is InChI=1S/C48H42N4S2/c49-25-35(26-50)29-9-7-11-31(17-29)43-23-41-45(53-43)37-19-34-22-40-38(20-33(34)21-39(37)47(41)13-3-1-4-14-47)46-42(48(40)15-5-2-6-16-48)24-44(54-46)32-12-8-10-30(18-32)36(27-51)28-52/h17-24,33-34H,1-16H2. The lowest BCUT2D eigenvalue weighted by Gasteiger charge is -2.40. The Morgan fingerprint density at radius 1 is 0.519 bits per heavy atom. The molecule has 266 valence electrons. The quantitative estimate of drug-likeness (QED) is 0.287. The third kappa shape index (κ3) is 4.93. The molecule has 6 heteroatoms. The minimum atomic E-state index is 0.0753. The Labute approximate surface area is 326 Å². The lowest BCUT2D eigenvalue weighted by atomic mass is 9.63. The van der Waals surface area contributed by atoms with Gasteiger partial charge in [0.05, 0.1) is 0 Å². The van der Waals surface area contributed by atoms with Gasteiger partial charge in [0.2, 0.25) is 0 Å². The molecule has 0 aromatic carbocycles. The van der Waals surface area contributed by atoms with Gasteiger partial charge in [-0.2, -0.15) is 21.0 Å². The summed E-state index contributed by atoms with van der Waals surface area (Å²) in [6.07, 6.45) is 33.1. The van der Waals surface area contributed by atoms with Crippen molar-refractivity contribution < 1.29 is 0 Å². The van der Waals surface area contributed by atoms with Crippen molar-refractivity contribution in [2.75, 3.05) is 0 Å². The fraction of sp³-hybridized carbons (Fsp3) is 0.417. The van der Waals surface area contributed by atoms with Crippen molar-refractivity contribution in [2.45, 2.75) is 114 Å². The fourth-order valence-electron chi connectivity index (χ4n) is 11.6. The molecule has 0 bridgehead atoms. The Hall–Kier alpha value is -4.72. The van der Waals surface area contributed by atoms with E-state index >= 15 is 0 Å². The summed E-state index contributed by atoms with van der Waals surface area (Å²) in [4.78, 5) is 5.59. The first-order valence-corrected chi connectivity index (χ1v) is 21.8. The number of hydrogen-bond donors (Lipinski definition) is 0. The SMILES string of the molecule is N#CC(C#N)=C1C=C(c2cc3c(s2)C2=CC4C=C5C(=CC4C=C2C32CCCCC2)c2sc(C3=CC(=C(C#N)C#N)CCC3)cc2C52CCCCC2)CCC1. The smallest absolute Gasteiger partial charge is 0.132 e. The van der Waals surface area contributed by atoms with Gasteiger partial charge in [-0.05, 0) is 132 Å². The molecular formula is C48H42N4S2. The van der Waals surface area contributed by atoms with Crippen LogP contribution in [0.2, 0.25) is 0 Å². The molecule has 0 saturated heterocycles. The maximum atomic E-state index is 9.60. The van der Waals surface area contributed by atoms with Gasteiger partial charge in [0, 0.05) is 42.2 Å². The molecule has 10 rings (SSSR count). The first-order valence-electron chi connectivity index (χ1n) is 20.2. The molecule has 2 atom stereocenters. The monoisotopic (exact) mass is 738 g/mol. The topological polar surface area (TPSA) is 95.2 Å². The van der Waals surface area contributed by atoms with Gasteiger partial charge >= 0.3 is 0 Å². The van der Waals surface area contributed by atoms with E-state index in [-0.39, 0.29) is 22.0 Å². The van der Waals surface area contributed by atoms with Crippen molar-refractivity contribution in [1.82, 2.24) is 0 Å². The second-order valence-electron chi connectivity index (χ2n) is 16.8. The number of fused-ring (bicyclic) bond motifs is 11. The molecule has 8 aliphatic rings. The van der Waals surface area contributed by atoms with Gasteiger partial charge in [-0.15, -0.1) is 22.7 Å². The Bertz CT molecular complexity index is 2250. The van der Waals surface area contributed by atoms with Gasteiger partial charge in [0.15, 0.2) is 0 Å². The van der Waals surface area contributed by atoms with Crippen molar-refractivity contribution in [3.8, 4) is 24.3 Å². The molecular weight excluding hydrogens is 697 g/mol. The maximum absolute atomic E-state index is 9.60. The molecule has 4 nitrogen and oxygen atoms in total. The van der Waals surface area contributed by atoms with E-state index in [2.05, 4.69) is 72.9 Å². The summed E-state index contributed by atoms with van der Waals surface area (Å²) < 4.78 is 0. The molecule has 0 aliphatic heterocycles. The van der Waals surface area contributed by atoms with Crippen molar-refractivity contribution >= 4 is 45.0 Å². The summed E-state index contributed by atoms with van der Waals surface area (Å²) in [5.74, 6) is 0.682. The highest BCUT2D eigenvalue weighted by atomic mass is 32.1. The third-order valence-corrected chi connectivity index (χ3v) is 16.6. The molecule has 2 aromatic rings. The number of rotatable bonds is 2. The number of thiophene rings is 2. The van der Waals surface area contributed by atoms with E-state index in [9.17, 15) is 21.0 Å². The summed E-state index contributed by atoms with van der Waals surface area (Å²) in [6, 6.07) is 13.6. The van der Waals surface area contributed by atoms with E-state index in [1.165, 1.54) is 117 Å². The molecule has 2 unspecified atom stereocenters. The Kier molecular flexibility index (Phi) is 8.11. The van der Waals surface area contributed by atoms with Crippen LogP contribution in [-0.2, 0) is 10.8 Å². The largest absolute Gasteiger partial charge is 0.192 e. The highest BCUT2D eigenvalue weighted by Gasteiger charge is 2.52. The normalized spacial score (nSPS) is 25.4. The van der Waals surface area contributed by atoms with Gasteiger partial charge in [-0.3, -0.25) is 0 Å². The van der Waals surface area contributed by atoms with Crippen molar-refractivity contribution in [3.63, 3.8) is 0 Å². The number of hydrogen-bond acceptors (Lipinski definition) is 6. The lowest BCUT2D eigenvalue weighted by molar-refractivity contribution is 0.347. The van der Waals surface area contributed by atoms with E-state index in [0.717, 1.165) is 49.7 Å². The zero-order valence-corrected chi connectivity index (χ0v) is 32.3. The minimum Gasteiger partial charge on any atom is -0.192 e. The van der Waals surface area contributed by atoms with Crippen molar-refractivity contribution in [1.29, 1.82) is 21.0 Å². The summed E-state index contributed by atoms with van der Waals surface area (Å²) in [5.41, 5.74) is 14.3. The molecule has 0 N–H and O–H groups in total. The Balaban J connectivity index is 1.07. The fourth-order valence-corrected chi connectivity index (χ4v) is 14.2. The number of nitrogens with zero attached hydrogens (tertiary/aromatic N) is 4. The van der Waals surface area contributed by atoms with Crippen LogP contribution in [0.1, 0.15) is 133 Å². The maximum Gasteiger partial charge on any atom is 0.132 e. The van der Waals surface area contributed by atoms with E-state index in [0.29, 0.717) is 11.8 Å². The molecule has 2 fully saturated rings. The van der Waals surface area contributed by atoms with Gasteiger partial charge < -0.3 is 0 Å². The predicted octanol–water partition coefficient (Wildman–Crippen LogP) is 12.6. The minimum absolute atomic E-state index is 0.0753. The predicted molar refractivity (Wildman–Crippen MR) is 217 cm³/mol. The molecule has 0 radical (unpaired) electrons. The van der Waals surface area contributed by atoms with Crippen LogP contribution in [0, 0.1) is 57.2 Å². The van der Waals surface area contributed by atoms with Crippen molar-refractivity contribution in [2.24, 2.45) is 11.8 Å². The first kappa shape index (κ1) is 33.8. The second-order valence-corrected chi connectivity index (χ2v) is 18.9. The van der Waals surface area contributed by atoms with Crippen LogP contribution in [0.3, 0.4) is 0 Å². The lowest BCUT2D eigenvalue weighted by Crippen LogP contribution is -2.31. The second kappa shape index (κ2) is 13.0.